The molecule has 5 rings (SSSR count). The van der Waals surface area contributed by atoms with E-state index in [9.17, 15) is 22.8 Å². The number of amides is 1. The van der Waals surface area contributed by atoms with Gasteiger partial charge in [-0.3, -0.25) is 9.78 Å². The fraction of sp³-hybridized carbons (Fsp3) is 0.296. The molecule has 10 heteroatoms. The SMILES string of the molecule is O=C1NCCc2c1cc(-c1ccnc(C=Cc3ccccc3N3CCCCC3)c1)n2OC(=O)C(F)(F)F. The van der Waals surface area contributed by atoms with Crippen molar-refractivity contribution in [2.24, 2.45) is 0 Å². The second-order valence-corrected chi connectivity index (χ2v) is 8.98. The molecule has 0 aliphatic carbocycles. The van der Waals surface area contributed by atoms with Crippen LogP contribution in [0, 0.1) is 0 Å². The van der Waals surface area contributed by atoms with Gasteiger partial charge in [0.2, 0.25) is 0 Å². The molecule has 37 heavy (non-hydrogen) atoms. The van der Waals surface area contributed by atoms with Crippen molar-refractivity contribution in [3.05, 3.63) is 71.2 Å². The standard InChI is InChI=1S/C27H25F3N4O3/c28-27(29,30)26(36)37-34-23-11-13-32-25(35)21(23)17-24(34)19-10-12-31-20(16-19)9-8-18-6-2-3-7-22(18)33-14-4-1-5-15-33/h2-3,6-10,12,16-17H,1,4-5,11,13-15H2,(H,32,35). The molecular weight excluding hydrogens is 485 g/mol. The first-order valence-electron chi connectivity index (χ1n) is 12.1. The summed E-state index contributed by atoms with van der Waals surface area (Å²) in [5, 5.41) is 2.65. The van der Waals surface area contributed by atoms with Gasteiger partial charge in [0.1, 0.15) is 0 Å². The average molecular weight is 511 g/mol. The highest BCUT2D eigenvalue weighted by atomic mass is 19.4. The van der Waals surface area contributed by atoms with E-state index in [-0.39, 0.29) is 29.9 Å². The lowest BCUT2D eigenvalue weighted by Gasteiger charge is -2.30. The second kappa shape index (κ2) is 10.1. The van der Waals surface area contributed by atoms with Crippen molar-refractivity contribution < 1.29 is 27.6 Å². The van der Waals surface area contributed by atoms with Crippen LogP contribution in [0.25, 0.3) is 23.4 Å². The minimum absolute atomic E-state index is 0.158. The summed E-state index contributed by atoms with van der Waals surface area (Å²) in [6.07, 6.45) is 3.88. The minimum Gasteiger partial charge on any atom is -0.371 e. The first-order valence-corrected chi connectivity index (χ1v) is 12.1. The number of nitrogens with one attached hydrogen (secondary N) is 1. The van der Waals surface area contributed by atoms with E-state index in [4.69, 9.17) is 4.84 Å². The Morgan fingerprint density at radius 1 is 1.05 bits per heavy atom. The molecule has 0 atom stereocenters. The molecule has 1 fully saturated rings. The maximum absolute atomic E-state index is 13.0. The zero-order valence-corrected chi connectivity index (χ0v) is 19.9. The summed E-state index contributed by atoms with van der Waals surface area (Å²) in [6, 6.07) is 12.8. The summed E-state index contributed by atoms with van der Waals surface area (Å²) >= 11 is 0. The van der Waals surface area contributed by atoms with Gasteiger partial charge in [-0.1, -0.05) is 24.3 Å². The fourth-order valence-electron chi connectivity index (χ4n) is 4.72. The Kier molecular flexibility index (Phi) is 6.73. The topological polar surface area (TPSA) is 76.5 Å². The number of rotatable bonds is 5. The lowest BCUT2D eigenvalue weighted by atomic mass is 10.1. The summed E-state index contributed by atoms with van der Waals surface area (Å²) in [7, 11) is 0. The maximum atomic E-state index is 13.0. The molecule has 0 spiro atoms. The molecule has 0 unspecified atom stereocenters. The number of alkyl halides is 3. The Balaban J connectivity index is 1.48. The zero-order chi connectivity index (χ0) is 26.0. The molecule has 1 aromatic carbocycles. The third-order valence-corrected chi connectivity index (χ3v) is 6.50. The molecule has 2 aliphatic rings. The molecule has 1 saturated heterocycles. The van der Waals surface area contributed by atoms with E-state index >= 15 is 0 Å². The van der Waals surface area contributed by atoms with Crippen LogP contribution in [0.4, 0.5) is 18.9 Å². The smallest absolute Gasteiger partial charge is 0.371 e. The van der Waals surface area contributed by atoms with Crippen molar-refractivity contribution in [3.63, 3.8) is 0 Å². The van der Waals surface area contributed by atoms with Crippen LogP contribution in [0.1, 0.15) is 46.6 Å². The monoisotopic (exact) mass is 510 g/mol. The lowest BCUT2D eigenvalue weighted by Crippen LogP contribution is -2.37. The fourth-order valence-corrected chi connectivity index (χ4v) is 4.72. The van der Waals surface area contributed by atoms with Gasteiger partial charge in [0.25, 0.3) is 5.91 Å². The van der Waals surface area contributed by atoms with E-state index in [1.807, 2.05) is 30.4 Å². The van der Waals surface area contributed by atoms with Gasteiger partial charge in [-0.05, 0) is 55.2 Å². The van der Waals surface area contributed by atoms with Crippen molar-refractivity contribution in [1.29, 1.82) is 0 Å². The molecule has 0 radical (unpaired) electrons. The molecule has 2 aliphatic heterocycles. The van der Waals surface area contributed by atoms with E-state index in [0.29, 0.717) is 11.3 Å². The van der Waals surface area contributed by atoms with Gasteiger partial charge in [0.05, 0.1) is 22.6 Å². The number of pyridine rings is 1. The molecule has 7 nitrogen and oxygen atoms in total. The van der Waals surface area contributed by atoms with Crippen molar-refractivity contribution in [2.45, 2.75) is 31.9 Å². The minimum atomic E-state index is -5.18. The van der Waals surface area contributed by atoms with Gasteiger partial charge in [0, 0.05) is 43.5 Å². The van der Waals surface area contributed by atoms with Crippen LogP contribution in [-0.2, 0) is 11.2 Å². The number of carbonyl (C=O) groups is 2. The largest absolute Gasteiger partial charge is 0.493 e. The molecule has 1 N–H and O–H groups in total. The molecule has 1 amide bonds. The number of anilines is 1. The number of piperidine rings is 1. The van der Waals surface area contributed by atoms with E-state index in [2.05, 4.69) is 21.3 Å². The molecule has 0 saturated carbocycles. The first-order chi connectivity index (χ1) is 17.8. The van der Waals surface area contributed by atoms with Gasteiger partial charge in [-0.25, -0.2) is 4.79 Å². The van der Waals surface area contributed by atoms with Gasteiger partial charge in [0.15, 0.2) is 0 Å². The van der Waals surface area contributed by atoms with Crippen LogP contribution in [0.5, 0.6) is 0 Å². The highest BCUT2D eigenvalue weighted by Crippen LogP contribution is 2.30. The quantitative estimate of drug-likeness (QED) is 0.547. The highest BCUT2D eigenvalue weighted by Gasteiger charge is 2.43. The second-order valence-electron chi connectivity index (χ2n) is 8.98. The number of hydrogen-bond donors (Lipinski definition) is 1. The molecule has 2 aromatic heterocycles. The summed E-state index contributed by atoms with van der Waals surface area (Å²) in [4.78, 5) is 35.5. The van der Waals surface area contributed by atoms with Crippen LogP contribution < -0.4 is 15.1 Å². The third-order valence-electron chi connectivity index (χ3n) is 6.50. The van der Waals surface area contributed by atoms with Crippen molar-refractivity contribution in [1.82, 2.24) is 15.0 Å². The summed E-state index contributed by atoms with van der Waals surface area (Å²) in [6.45, 7) is 2.23. The van der Waals surface area contributed by atoms with Gasteiger partial charge < -0.3 is 15.1 Å². The maximum Gasteiger partial charge on any atom is 0.493 e. The molecule has 0 bridgehead atoms. The first kappa shape index (κ1) is 24.6. The Morgan fingerprint density at radius 2 is 1.84 bits per heavy atom. The van der Waals surface area contributed by atoms with E-state index in [0.717, 1.165) is 41.9 Å². The highest BCUT2D eigenvalue weighted by molar-refractivity contribution is 5.98. The van der Waals surface area contributed by atoms with Crippen LogP contribution in [-0.4, -0.2) is 47.4 Å². The lowest BCUT2D eigenvalue weighted by molar-refractivity contribution is -0.199. The Morgan fingerprint density at radius 3 is 2.62 bits per heavy atom. The van der Waals surface area contributed by atoms with Crippen molar-refractivity contribution in [2.75, 3.05) is 24.5 Å². The number of nitrogens with zero attached hydrogens (tertiary/aromatic N) is 3. The number of carbonyl (C=O) groups excluding carboxylic acids is 2. The third kappa shape index (κ3) is 5.23. The number of para-hydroxylation sites is 1. The predicted molar refractivity (Wildman–Crippen MR) is 133 cm³/mol. The summed E-state index contributed by atoms with van der Waals surface area (Å²) in [5.74, 6) is -2.80. The number of hydrogen-bond acceptors (Lipinski definition) is 5. The molecule has 192 valence electrons. The molecule has 3 aromatic rings. The number of halogens is 3. The number of fused-ring (bicyclic) bond motifs is 1. The van der Waals surface area contributed by atoms with Crippen LogP contribution in [0.3, 0.4) is 0 Å². The van der Waals surface area contributed by atoms with Crippen molar-refractivity contribution >= 4 is 29.7 Å². The van der Waals surface area contributed by atoms with Crippen LogP contribution in [0.15, 0.2) is 48.7 Å². The molecular formula is C27H25F3N4O3. The summed E-state index contributed by atoms with van der Waals surface area (Å²) < 4.78 is 39.8. The Bertz CT molecular complexity index is 1360. The van der Waals surface area contributed by atoms with Crippen LogP contribution >= 0.6 is 0 Å². The molecule has 4 heterocycles. The number of benzene rings is 1. The van der Waals surface area contributed by atoms with Crippen LogP contribution in [0.2, 0.25) is 0 Å². The van der Waals surface area contributed by atoms with Gasteiger partial charge in [-0.2, -0.15) is 17.9 Å². The van der Waals surface area contributed by atoms with Gasteiger partial charge >= 0.3 is 12.1 Å². The Hall–Kier alpha value is -4.08. The van der Waals surface area contributed by atoms with Gasteiger partial charge in [-0.15, -0.1) is 0 Å². The van der Waals surface area contributed by atoms with Crippen molar-refractivity contribution in [3.8, 4) is 11.3 Å². The zero-order valence-electron chi connectivity index (χ0n) is 19.9. The summed E-state index contributed by atoms with van der Waals surface area (Å²) in [5.41, 5.74) is 3.72. The van der Waals surface area contributed by atoms with E-state index in [1.165, 1.54) is 18.7 Å². The number of aromatic nitrogens is 2. The Labute approximate surface area is 211 Å². The predicted octanol–water partition coefficient (Wildman–Crippen LogP) is 4.51. The van der Waals surface area contributed by atoms with E-state index < -0.39 is 18.1 Å². The van der Waals surface area contributed by atoms with E-state index in [1.54, 1.807) is 12.1 Å². The average Bonchev–Trinajstić information content (AvgIpc) is 3.27. The normalized spacial score (nSPS) is 16.0.